The molecule has 1 heterocycles. The van der Waals surface area contributed by atoms with Gasteiger partial charge in [-0.25, -0.2) is 5.26 Å². The quantitative estimate of drug-likeness (QED) is 0.0177. The summed E-state index contributed by atoms with van der Waals surface area (Å²) in [5.74, 6) is -1.66. The normalized spacial score (nSPS) is 12.1. The summed E-state index contributed by atoms with van der Waals surface area (Å²) in [6, 6.07) is 5.64. The number of nitrogens with zero attached hydrogens (tertiary/aromatic N) is 4. The average molecular weight is 596 g/mol. The van der Waals surface area contributed by atoms with Gasteiger partial charge in [0, 0.05) is 11.8 Å². The summed E-state index contributed by atoms with van der Waals surface area (Å²) in [6.07, 6.45) is -1.38. The van der Waals surface area contributed by atoms with E-state index in [1.165, 1.54) is 0 Å². The van der Waals surface area contributed by atoms with Gasteiger partial charge in [0.1, 0.15) is 27.0 Å². The van der Waals surface area contributed by atoms with Gasteiger partial charge in [0.25, 0.3) is 20.2 Å². The summed E-state index contributed by atoms with van der Waals surface area (Å²) in [5, 5.41) is 24.3. The van der Waals surface area contributed by atoms with Crippen molar-refractivity contribution in [2.45, 2.75) is 9.79 Å². The Kier molecular flexibility index (Phi) is 9.05. The molecule has 3 rings (SSSR count). The van der Waals surface area contributed by atoms with E-state index in [0.29, 0.717) is 12.0 Å². The number of halogens is 2. The molecule has 0 atom stereocenters. The van der Waals surface area contributed by atoms with E-state index in [-0.39, 0.29) is 28.8 Å². The lowest BCUT2D eigenvalue weighted by Gasteiger charge is -2.12. The molecule has 0 unspecified atom stereocenters. The first-order chi connectivity index (χ1) is 17.8. The number of hydrogen-bond donors (Lipinski definition) is 6. The summed E-state index contributed by atoms with van der Waals surface area (Å²) >= 11 is 0.549. The predicted molar refractivity (Wildman–Crippen MR) is 127 cm³/mol. The number of azo groups is 1. The van der Waals surface area contributed by atoms with Gasteiger partial charge in [0.2, 0.25) is 5.95 Å². The molecule has 204 valence electrons. The van der Waals surface area contributed by atoms with Crippen molar-refractivity contribution in [2.24, 2.45) is 10.2 Å². The third kappa shape index (κ3) is 7.72. The van der Waals surface area contributed by atoms with E-state index in [9.17, 15) is 34.7 Å². The van der Waals surface area contributed by atoms with Crippen LogP contribution in [0.15, 0.2) is 56.4 Å². The van der Waals surface area contributed by atoms with E-state index in [1.54, 1.807) is 0 Å². The monoisotopic (exact) mass is 595 g/mol. The van der Waals surface area contributed by atoms with Gasteiger partial charge in [-0.3, -0.25) is 9.11 Å². The van der Waals surface area contributed by atoms with Crippen molar-refractivity contribution in [1.29, 1.82) is 0 Å². The maximum atomic E-state index is 13.4. The molecule has 0 aliphatic rings. The van der Waals surface area contributed by atoms with E-state index < -0.39 is 53.4 Å². The fraction of sp³-hybridized carbons (Fsp3) is 0.0588. The van der Waals surface area contributed by atoms with E-state index in [2.05, 4.69) is 40.2 Å². The summed E-state index contributed by atoms with van der Waals surface area (Å²) < 4.78 is 96.9. The number of rotatable bonds is 11. The standard InChI is InChI=1S/C17H15F2N7O9S3/c18-15-6-16(24-17(19)23-15)22-8-1-2-13(37(28,29)30)12(3-8)26-25-11-5-14(38(31,32)33)9(20)4-10(11)21-7-36-35-34-27/h1-6,21,27H,7,20H2,(H,22,23,24)(H,28,29,30)(H,31,32,33). The van der Waals surface area contributed by atoms with E-state index in [4.69, 9.17) is 11.0 Å². The summed E-state index contributed by atoms with van der Waals surface area (Å²) in [5.41, 5.74) is 4.47. The summed E-state index contributed by atoms with van der Waals surface area (Å²) in [7, 11) is -9.69. The molecule has 2 aromatic carbocycles. The zero-order valence-corrected chi connectivity index (χ0v) is 20.8. The fourth-order valence-electron chi connectivity index (χ4n) is 2.79. The molecule has 3 aromatic rings. The van der Waals surface area contributed by atoms with E-state index >= 15 is 0 Å². The Morgan fingerprint density at radius 1 is 0.974 bits per heavy atom. The minimum absolute atomic E-state index is 0.00214. The lowest BCUT2D eigenvalue weighted by atomic mass is 10.2. The average Bonchev–Trinajstić information content (AvgIpc) is 2.79. The molecule has 0 bridgehead atoms. The van der Waals surface area contributed by atoms with Gasteiger partial charge < -0.3 is 16.4 Å². The van der Waals surface area contributed by atoms with Crippen LogP contribution in [0.25, 0.3) is 0 Å². The van der Waals surface area contributed by atoms with Crippen LogP contribution < -0.4 is 16.4 Å². The first kappa shape index (κ1) is 29.0. The number of anilines is 4. The Labute approximate surface area is 216 Å². The van der Waals surface area contributed by atoms with Crippen LogP contribution in [0.2, 0.25) is 0 Å². The summed E-state index contributed by atoms with van der Waals surface area (Å²) in [6.45, 7) is 0. The Morgan fingerprint density at radius 3 is 2.29 bits per heavy atom. The van der Waals surface area contributed by atoms with Crippen LogP contribution in [0.5, 0.6) is 0 Å². The Balaban J connectivity index is 2.07. The van der Waals surface area contributed by atoms with Crippen LogP contribution >= 0.6 is 12.0 Å². The van der Waals surface area contributed by atoms with Gasteiger partial charge >= 0.3 is 6.08 Å². The topological polar surface area (TPSA) is 248 Å². The lowest BCUT2D eigenvalue weighted by Crippen LogP contribution is -2.05. The van der Waals surface area contributed by atoms with Gasteiger partial charge in [-0.05, 0) is 30.3 Å². The molecule has 0 radical (unpaired) electrons. The Morgan fingerprint density at radius 2 is 1.66 bits per heavy atom. The third-order valence-electron chi connectivity index (χ3n) is 4.25. The smallest absolute Gasteiger partial charge is 0.313 e. The van der Waals surface area contributed by atoms with Crippen LogP contribution in [0.4, 0.5) is 43.0 Å². The zero-order valence-electron chi connectivity index (χ0n) is 18.3. The van der Waals surface area contributed by atoms with Crippen molar-refractivity contribution in [3.63, 3.8) is 0 Å². The van der Waals surface area contributed by atoms with Crippen LogP contribution in [-0.4, -0.2) is 47.0 Å². The summed E-state index contributed by atoms with van der Waals surface area (Å²) in [4.78, 5) is 4.68. The zero-order chi connectivity index (χ0) is 28.1. The van der Waals surface area contributed by atoms with E-state index in [0.717, 1.165) is 36.4 Å². The molecule has 0 amide bonds. The van der Waals surface area contributed by atoms with Crippen molar-refractivity contribution < 1.29 is 49.4 Å². The Hall–Kier alpha value is -3.57. The van der Waals surface area contributed by atoms with Crippen LogP contribution in [-0.2, 0) is 29.6 Å². The second kappa shape index (κ2) is 11.9. The molecule has 21 heteroatoms. The molecular formula is C17H15F2N7O9S3. The number of hydrogen-bond acceptors (Lipinski definition) is 15. The predicted octanol–water partition coefficient (Wildman–Crippen LogP) is 3.43. The second-order valence-electron chi connectivity index (χ2n) is 6.79. The maximum Gasteiger partial charge on any atom is 0.313 e. The van der Waals surface area contributed by atoms with Crippen molar-refractivity contribution in [1.82, 2.24) is 9.97 Å². The van der Waals surface area contributed by atoms with Crippen LogP contribution in [0.1, 0.15) is 0 Å². The molecule has 7 N–H and O–H groups in total. The van der Waals surface area contributed by atoms with Gasteiger partial charge in [-0.1, -0.05) is 5.04 Å². The number of nitrogen functional groups attached to an aromatic ring is 1. The first-order valence-electron chi connectivity index (χ1n) is 9.53. The van der Waals surface area contributed by atoms with Crippen molar-refractivity contribution in [2.75, 3.05) is 22.2 Å². The minimum Gasteiger partial charge on any atom is -0.398 e. The molecular weight excluding hydrogens is 580 g/mol. The SMILES string of the molecule is Nc1cc(NCSOOO)c(N=Nc2cc(Nc3cc(F)nc(F)n3)ccc2S(=O)(=O)O)cc1S(=O)(=O)O. The first-order valence-corrected chi connectivity index (χ1v) is 13.3. The molecule has 0 fully saturated rings. The highest BCUT2D eigenvalue weighted by atomic mass is 32.2. The van der Waals surface area contributed by atoms with Gasteiger partial charge in [0.05, 0.1) is 29.3 Å². The maximum absolute atomic E-state index is 13.4. The van der Waals surface area contributed by atoms with Crippen molar-refractivity contribution in [3.8, 4) is 0 Å². The highest BCUT2D eigenvalue weighted by Crippen LogP contribution is 2.36. The second-order valence-corrected chi connectivity index (χ2v) is 10.2. The lowest BCUT2D eigenvalue weighted by molar-refractivity contribution is -0.432. The third-order valence-corrected chi connectivity index (χ3v) is 6.48. The molecule has 16 nitrogen and oxygen atoms in total. The largest absolute Gasteiger partial charge is 0.398 e. The number of benzene rings is 2. The molecule has 0 saturated carbocycles. The Bertz CT molecular complexity index is 1570. The van der Waals surface area contributed by atoms with Crippen molar-refractivity contribution >= 4 is 66.5 Å². The number of nitrogens with two attached hydrogens (primary N) is 1. The van der Waals surface area contributed by atoms with Gasteiger partial charge in [-0.2, -0.15) is 35.6 Å². The molecule has 0 aliphatic carbocycles. The number of nitrogens with one attached hydrogen (secondary N) is 2. The molecule has 0 spiro atoms. The fourth-order valence-corrected chi connectivity index (χ4v) is 4.31. The van der Waals surface area contributed by atoms with Gasteiger partial charge in [0.15, 0.2) is 0 Å². The molecule has 0 aliphatic heterocycles. The van der Waals surface area contributed by atoms with Crippen LogP contribution in [0, 0.1) is 12.0 Å². The minimum atomic E-state index is -4.87. The number of aromatic nitrogens is 2. The van der Waals surface area contributed by atoms with Crippen molar-refractivity contribution in [3.05, 3.63) is 48.4 Å². The van der Waals surface area contributed by atoms with Crippen LogP contribution in [0.3, 0.4) is 0 Å². The van der Waals surface area contributed by atoms with Gasteiger partial charge in [-0.15, -0.1) is 14.6 Å². The molecule has 38 heavy (non-hydrogen) atoms. The molecule has 0 saturated heterocycles. The highest BCUT2D eigenvalue weighted by molar-refractivity contribution is 7.94. The van der Waals surface area contributed by atoms with E-state index in [1.807, 2.05) is 0 Å². The highest BCUT2D eigenvalue weighted by Gasteiger charge is 2.20. The molecule has 1 aromatic heterocycles.